The van der Waals surface area contributed by atoms with Gasteiger partial charge in [0.25, 0.3) is 0 Å². The molecule has 1 rings (SSSR count). The lowest BCUT2D eigenvalue weighted by Crippen LogP contribution is -2.28. The van der Waals surface area contributed by atoms with Crippen molar-refractivity contribution in [3.63, 3.8) is 0 Å². The smallest absolute Gasteiger partial charge is 0.0624 e. The monoisotopic (exact) mass is 223 g/mol. The first-order valence-electron chi connectivity index (χ1n) is 6.46. The van der Waals surface area contributed by atoms with Crippen LogP contribution >= 0.6 is 0 Å². The number of rotatable bonds is 7. The zero-order chi connectivity index (χ0) is 12.0. The van der Waals surface area contributed by atoms with E-state index >= 15 is 0 Å². The Morgan fingerprint density at radius 3 is 2.62 bits per heavy atom. The molecule has 0 aliphatic carbocycles. The van der Waals surface area contributed by atoms with Gasteiger partial charge in [0.15, 0.2) is 0 Å². The molecule has 1 heterocycles. The number of hydrogen-bond acceptors (Lipinski definition) is 2. The zero-order valence-electron chi connectivity index (χ0n) is 11.1. The first-order valence-corrected chi connectivity index (χ1v) is 6.46. The molecule has 0 saturated carbocycles. The van der Waals surface area contributed by atoms with E-state index in [9.17, 15) is 0 Å². The van der Waals surface area contributed by atoms with Crippen molar-refractivity contribution < 1.29 is 0 Å². The van der Waals surface area contributed by atoms with Gasteiger partial charge in [0.1, 0.15) is 0 Å². The molecule has 0 aromatic carbocycles. The van der Waals surface area contributed by atoms with E-state index in [0.29, 0.717) is 6.04 Å². The van der Waals surface area contributed by atoms with E-state index in [4.69, 9.17) is 0 Å². The van der Waals surface area contributed by atoms with Gasteiger partial charge < -0.3 is 5.32 Å². The highest BCUT2D eigenvalue weighted by Gasteiger charge is 2.08. The molecule has 0 aliphatic rings. The molecule has 0 amide bonds. The summed E-state index contributed by atoms with van der Waals surface area (Å²) in [5.74, 6) is 0. The van der Waals surface area contributed by atoms with Crippen molar-refractivity contribution in [1.29, 1.82) is 0 Å². The predicted octanol–water partition coefficient (Wildman–Crippen LogP) is 2.30. The van der Waals surface area contributed by atoms with Gasteiger partial charge in [0.2, 0.25) is 0 Å². The molecular formula is C13H25N3. The second-order valence-corrected chi connectivity index (χ2v) is 4.31. The lowest BCUT2D eigenvalue weighted by atomic mass is 10.1. The molecule has 1 N–H and O–H groups in total. The minimum atomic E-state index is 0.643. The van der Waals surface area contributed by atoms with Crippen LogP contribution in [0.5, 0.6) is 0 Å². The van der Waals surface area contributed by atoms with E-state index in [1.807, 2.05) is 11.7 Å². The normalized spacial score (nSPS) is 13.0. The van der Waals surface area contributed by atoms with E-state index in [1.54, 1.807) is 0 Å². The third kappa shape index (κ3) is 3.63. The van der Waals surface area contributed by atoms with Crippen LogP contribution < -0.4 is 5.32 Å². The summed E-state index contributed by atoms with van der Waals surface area (Å²) in [6.45, 7) is 7.62. The first-order chi connectivity index (χ1) is 7.71. The van der Waals surface area contributed by atoms with Crippen LogP contribution in [0.15, 0.2) is 6.07 Å². The summed E-state index contributed by atoms with van der Waals surface area (Å²) in [6.07, 6.45) is 4.55. The molecule has 3 nitrogen and oxygen atoms in total. The van der Waals surface area contributed by atoms with Gasteiger partial charge in [-0.15, -0.1) is 0 Å². The lowest BCUT2D eigenvalue weighted by Gasteiger charge is -2.15. The Morgan fingerprint density at radius 1 is 1.38 bits per heavy atom. The molecule has 3 heteroatoms. The molecule has 0 radical (unpaired) electrons. The highest BCUT2D eigenvalue weighted by molar-refractivity contribution is 5.10. The zero-order valence-corrected chi connectivity index (χ0v) is 11.1. The third-order valence-corrected chi connectivity index (χ3v) is 3.12. The molecule has 92 valence electrons. The van der Waals surface area contributed by atoms with Gasteiger partial charge in [-0.2, -0.15) is 5.10 Å². The van der Waals surface area contributed by atoms with E-state index < -0.39 is 0 Å². The Kier molecular flexibility index (Phi) is 5.53. The van der Waals surface area contributed by atoms with Crippen molar-refractivity contribution in [3.05, 3.63) is 17.5 Å². The number of nitrogens with one attached hydrogen (secondary N) is 1. The van der Waals surface area contributed by atoms with Crippen LogP contribution in [0.1, 0.15) is 45.0 Å². The second-order valence-electron chi connectivity index (χ2n) is 4.31. The topological polar surface area (TPSA) is 29.9 Å². The van der Waals surface area contributed by atoms with Gasteiger partial charge in [-0.25, -0.2) is 0 Å². The standard InChI is InChI=1S/C13H25N3/c1-5-11(14-7-3)8-9-13-10-12(6-2)15-16(13)4/h10-11,14H,5-9H2,1-4H3. The minimum Gasteiger partial charge on any atom is -0.314 e. The van der Waals surface area contributed by atoms with Crippen molar-refractivity contribution in [2.75, 3.05) is 6.54 Å². The van der Waals surface area contributed by atoms with Crippen LogP contribution in [-0.4, -0.2) is 22.4 Å². The Labute approximate surface area is 99.2 Å². The summed E-state index contributed by atoms with van der Waals surface area (Å²) in [5.41, 5.74) is 2.56. The van der Waals surface area contributed by atoms with Gasteiger partial charge in [-0.1, -0.05) is 20.8 Å². The maximum atomic E-state index is 4.48. The van der Waals surface area contributed by atoms with Crippen molar-refractivity contribution in [3.8, 4) is 0 Å². The lowest BCUT2D eigenvalue weighted by molar-refractivity contribution is 0.474. The number of aryl methyl sites for hydroxylation is 3. The summed E-state index contributed by atoms with van der Waals surface area (Å²) in [6, 6.07) is 2.88. The van der Waals surface area contributed by atoms with E-state index in [0.717, 1.165) is 19.4 Å². The third-order valence-electron chi connectivity index (χ3n) is 3.12. The van der Waals surface area contributed by atoms with Crippen molar-refractivity contribution >= 4 is 0 Å². The van der Waals surface area contributed by atoms with Crippen molar-refractivity contribution in [2.24, 2.45) is 7.05 Å². The van der Waals surface area contributed by atoms with Crippen LogP contribution in [-0.2, 0) is 19.9 Å². The van der Waals surface area contributed by atoms with E-state index in [-0.39, 0.29) is 0 Å². The molecule has 16 heavy (non-hydrogen) atoms. The summed E-state index contributed by atoms with van der Waals surface area (Å²) in [7, 11) is 2.04. The molecule has 1 unspecified atom stereocenters. The summed E-state index contributed by atoms with van der Waals surface area (Å²) in [5, 5.41) is 7.99. The van der Waals surface area contributed by atoms with Crippen LogP contribution in [0.25, 0.3) is 0 Å². The van der Waals surface area contributed by atoms with Crippen LogP contribution in [0.3, 0.4) is 0 Å². The number of hydrogen-bond donors (Lipinski definition) is 1. The number of nitrogens with zero attached hydrogens (tertiary/aromatic N) is 2. The summed E-state index contributed by atoms with van der Waals surface area (Å²) < 4.78 is 2.03. The fraction of sp³-hybridized carbons (Fsp3) is 0.769. The molecule has 0 aliphatic heterocycles. The molecule has 1 atom stereocenters. The molecular weight excluding hydrogens is 198 g/mol. The van der Waals surface area contributed by atoms with E-state index in [2.05, 4.69) is 37.3 Å². The maximum absolute atomic E-state index is 4.48. The molecule has 0 saturated heterocycles. The fourth-order valence-corrected chi connectivity index (χ4v) is 2.04. The highest BCUT2D eigenvalue weighted by atomic mass is 15.3. The molecule has 0 bridgehead atoms. The van der Waals surface area contributed by atoms with Gasteiger partial charge in [-0.3, -0.25) is 4.68 Å². The average Bonchev–Trinajstić information content (AvgIpc) is 2.65. The van der Waals surface area contributed by atoms with Gasteiger partial charge >= 0.3 is 0 Å². The SMILES string of the molecule is CCNC(CC)CCc1cc(CC)nn1C. The Bertz CT molecular complexity index is 304. The van der Waals surface area contributed by atoms with Crippen molar-refractivity contribution in [1.82, 2.24) is 15.1 Å². The van der Waals surface area contributed by atoms with E-state index in [1.165, 1.54) is 24.2 Å². The molecule has 0 spiro atoms. The van der Waals surface area contributed by atoms with Crippen LogP contribution in [0.2, 0.25) is 0 Å². The molecule has 0 fully saturated rings. The average molecular weight is 223 g/mol. The highest BCUT2D eigenvalue weighted by Crippen LogP contribution is 2.09. The molecule has 1 aromatic rings. The minimum absolute atomic E-state index is 0.643. The number of aromatic nitrogens is 2. The second kappa shape index (κ2) is 6.69. The summed E-state index contributed by atoms with van der Waals surface area (Å²) in [4.78, 5) is 0. The van der Waals surface area contributed by atoms with Crippen LogP contribution in [0.4, 0.5) is 0 Å². The summed E-state index contributed by atoms with van der Waals surface area (Å²) >= 11 is 0. The fourth-order valence-electron chi connectivity index (χ4n) is 2.04. The Morgan fingerprint density at radius 2 is 2.12 bits per heavy atom. The van der Waals surface area contributed by atoms with Gasteiger partial charge in [0.05, 0.1) is 5.69 Å². The first kappa shape index (κ1) is 13.2. The largest absolute Gasteiger partial charge is 0.314 e. The maximum Gasteiger partial charge on any atom is 0.0624 e. The Hall–Kier alpha value is -0.830. The van der Waals surface area contributed by atoms with Crippen LogP contribution in [0, 0.1) is 0 Å². The van der Waals surface area contributed by atoms with Gasteiger partial charge in [0, 0.05) is 18.8 Å². The van der Waals surface area contributed by atoms with Crippen molar-refractivity contribution in [2.45, 2.75) is 52.5 Å². The Balaban J connectivity index is 2.49. The van der Waals surface area contributed by atoms with Gasteiger partial charge in [-0.05, 0) is 38.3 Å². The quantitative estimate of drug-likeness (QED) is 0.768. The predicted molar refractivity (Wildman–Crippen MR) is 68.7 cm³/mol. The molecule has 1 aromatic heterocycles.